The van der Waals surface area contributed by atoms with Crippen LogP contribution in [0.25, 0.3) is 44.5 Å². The summed E-state index contributed by atoms with van der Waals surface area (Å²) in [6.45, 7) is 0. The maximum absolute atomic E-state index is 9.04. The van der Waals surface area contributed by atoms with Crippen molar-refractivity contribution in [2.24, 2.45) is 0 Å². The van der Waals surface area contributed by atoms with E-state index in [0.717, 1.165) is 38.8 Å². The minimum absolute atomic E-state index is 0.572. The van der Waals surface area contributed by atoms with Gasteiger partial charge in [0.1, 0.15) is 11.2 Å². The van der Waals surface area contributed by atoms with E-state index >= 15 is 0 Å². The molecule has 0 aliphatic carbocycles. The first-order chi connectivity index (χ1) is 13.3. The molecule has 126 valence electrons. The fourth-order valence-electron chi connectivity index (χ4n) is 3.26. The zero-order valence-electron chi connectivity index (χ0n) is 14.3. The summed E-state index contributed by atoms with van der Waals surface area (Å²) in [5.41, 5.74) is 5.86. The van der Waals surface area contributed by atoms with Gasteiger partial charge in [-0.05, 0) is 42.0 Å². The van der Waals surface area contributed by atoms with Gasteiger partial charge in [0, 0.05) is 28.7 Å². The van der Waals surface area contributed by atoms with Crippen molar-refractivity contribution < 1.29 is 4.42 Å². The number of para-hydroxylation sites is 1. The molecule has 0 saturated heterocycles. The van der Waals surface area contributed by atoms with E-state index in [-0.39, 0.29) is 0 Å². The Kier molecular flexibility index (Phi) is 3.44. The maximum Gasteiger partial charge on any atom is 0.135 e. The Bertz CT molecular complexity index is 1330. The van der Waals surface area contributed by atoms with Crippen LogP contribution in [0.1, 0.15) is 5.56 Å². The first kappa shape index (κ1) is 15.3. The molecular weight excluding hydrogens is 334 g/mol. The Morgan fingerprint density at radius 2 is 1.59 bits per heavy atom. The summed E-state index contributed by atoms with van der Waals surface area (Å²) in [5, 5.41) is 11.2. The minimum atomic E-state index is 0.572. The summed E-state index contributed by atoms with van der Waals surface area (Å²) in [5.74, 6) is 0. The number of benzene rings is 2. The highest BCUT2D eigenvalue weighted by atomic mass is 16.3. The molecule has 0 bridgehead atoms. The highest BCUT2D eigenvalue weighted by Gasteiger charge is 2.09. The van der Waals surface area contributed by atoms with Crippen molar-refractivity contribution >= 4 is 21.9 Å². The number of rotatable bonds is 2. The highest BCUT2D eigenvalue weighted by molar-refractivity contribution is 6.06. The molecule has 0 amide bonds. The molecule has 4 nitrogen and oxygen atoms in total. The van der Waals surface area contributed by atoms with Crippen LogP contribution in [0.3, 0.4) is 0 Å². The average Bonchev–Trinajstić information content (AvgIpc) is 3.12. The Labute approximate surface area is 155 Å². The van der Waals surface area contributed by atoms with Crippen molar-refractivity contribution in [3.05, 3.63) is 84.7 Å². The Balaban J connectivity index is 1.56. The van der Waals surface area contributed by atoms with Gasteiger partial charge in [0.2, 0.25) is 0 Å². The standard InChI is InChI=1S/C23H13N3O/c24-13-15-9-10-25-21(11-15)20-7-5-17(14-26-20)16-6-8-23-19(12-16)18-3-1-2-4-22(18)27-23/h1-12,14H. The third-order valence-corrected chi connectivity index (χ3v) is 4.62. The molecule has 2 aromatic carbocycles. The Hall–Kier alpha value is -3.97. The summed E-state index contributed by atoms with van der Waals surface area (Å²) in [6, 6.07) is 23.7. The van der Waals surface area contributed by atoms with Gasteiger partial charge in [0.25, 0.3) is 0 Å². The van der Waals surface area contributed by atoms with Gasteiger partial charge in [-0.25, -0.2) is 0 Å². The van der Waals surface area contributed by atoms with Crippen molar-refractivity contribution in [1.29, 1.82) is 5.26 Å². The van der Waals surface area contributed by atoms with E-state index in [9.17, 15) is 0 Å². The second-order valence-electron chi connectivity index (χ2n) is 6.28. The molecule has 5 aromatic rings. The zero-order chi connectivity index (χ0) is 18.2. The Morgan fingerprint density at radius 3 is 2.44 bits per heavy atom. The fourth-order valence-corrected chi connectivity index (χ4v) is 3.26. The molecule has 0 unspecified atom stereocenters. The van der Waals surface area contributed by atoms with Crippen LogP contribution in [0.4, 0.5) is 0 Å². The number of hydrogen-bond donors (Lipinski definition) is 0. The lowest BCUT2D eigenvalue weighted by Gasteiger charge is -2.04. The molecule has 4 heteroatoms. The lowest BCUT2D eigenvalue weighted by atomic mass is 10.0. The monoisotopic (exact) mass is 347 g/mol. The third kappa shape index (κ3) is 2.62. The number of pyridine rings is 2. The number of aromatic nitrogens is 2. The van der Waals surface area contributed by atoms with Crippen LogP contribution in [-0.2, 0) is 0 Å². The third-order valence-electron chi connectivity index (χ3n) is 4.62. The van der Waals surface area contributed by atoms with Gasteiger partial charge in [-0.1, -0.05) is 30.3 Å². The summed E-state index contributed by atoms with van der Waals surface area (Å²) in [6.07, 6.45) is 3.46. The molecule has 0 atom stereocenters. The second-order valence-corrected chi connectivity index (χ2v) is 6.28. The predicted octanol–water partition coefficient (Wildman–Crippen LogP) is 5.58. The SMILES string of the molecule is N#Cc1ccnc(-c2ccc(-c3ccc4oc5ccccc5c4c3)cn2)c1. The van der Waals surface area contributed by atoms with Gasteiger partial charge >= 0.3 is 0 Å². The normalized spacial score (nSPS) is 10.9. The predicted molar refractivity (Wildman–Crippen MR) is 105 cm³/mol. The van der Waals surface area contributed by atoms with E-state index in [1.54, 1.807) is 18.3 Å². The van der Waals surface area contributed by atoms with Crippen LogP contribution in [0.5, 0.6) is 0 Å². The summed E-state index contributed by atoms with van der Waals surface area (Å²) >= 11 is 0. The smallest absolute Gasteiger partial charge is 0.135 e. The number of hydrogen-bond acceptors (Lipinski definition) is 4. The number of nitriles is 1. The van der Waals surface area contributed by atoms with Crippen molar-refractivity contribution in [2.75, 3.05) is 0 Å². The molecule has 0 fully saturated rings. The Morgan fingerprint density at radius 1 is 0.741 bits per heavy atom. The number of fused-ring (bicyclic) bond motifs is 3. The molecular formula is C23H13N3O. The van der Waals surface area contributed by atoms with Crippen LogP contribution >= 0.6 is 0 Å². The van der Waals surface area contributed by atoms with Gasteiger partial charge in [-0.15, -0.1) is 0 Å². The number of nitrogens with zero attached hydrogens (tertiary/aromatic N) is 3. The van der Waals surface area contributed by atoms with Crippen molar-refractivity contribution in [1.82, 2.24) is 9.97 Å². The first-order valence-corrected chi connectivity index (χ1v) is 8.56. The molecule has 0 aliphatic heterocycles. The van der Waals surface area contributed by atoms with Crippen LogP contribution in [0.15, 0.2) is 83.5 Å². The molecule has 0 radical (unpaired) electrons. The highest BCUT2D eigenvalue weighted by Crippen LogP contribution is 2.32. The fraction of sp³-hybridized carbons (Fsp3) is 0. The van der Waals surface area contributed by atoms with Gasteiger partial charge in [0.15, 0.2) is 0 Å². The molecule has 3 heterocycles. The van der Waals surface area contributed by atoms with Gasteiger partial charge < -0.3 is 4.42 Å². The summed E-state index contributed by atoms with van der Waals surface area (Å²) in [4.78, 5) is 8.84. The lowest BCUT2D eigenvalue weighted by Crippen LogP contribution is -1.89. The van der Waals surface area contributed by atoms with Gasteiger partial charge in [0.05, 0.1) is 23.0 Å². The van der Waals surface area contributed by atoms with Crippen LogP contribution in [0.2, 0.25) is 0 Å². The van der Waals surface area contributed by atoms with Crippen molar-refractivity contribution in [3.8, 4) is 28.6 Å². The topological polar surface area (TPSA) is 62.7 Å². The maximum atomic E-state index is 9.04. The molecule has 5 rings (SSSR count). The van der Waals surface area contributed by atoms with Crippen LogP contribution in [-0.4, -0.2) is 9.97 Å². The molecule has 0 aliphatic rings. The molecule has 0 N–H and O–H groups in total. The van der Waals surface area contributed by atoms with Crippen molar-refractivity contribution in [2.45, 2.75) is 0 Å². The van der Waals surface area contributed by atoms with E-state index in [4.69, 9.17) is 9.68 Å². The van der Waals surface area contributed by atoms with Crippen LogP contribution < -0.4 is 0 Å². The van der Waals surface area contributed by atoms with E-state index < -0.39 is 0 Å². The van der Waals surface area contributed by atoms with E-state index in [1.807, 2.05) is 48.7 Å². The molecule has 0 saturated carbocycles. The van der Waals surface area contributed by atoms with E-state index in [2.05, 4.69) is 28.2 Å². The van der Waals surface area contributed by atoms with E-state index in [1.165, 1.54) is 0 Å². The largest absolute Gasteiger partial charge is 0.456 e. The quantitative estimate of drug-likeness (QED) is 0.418. The zero-order valence-corrected chi connectivity index (χ0v) is 14.3. The van der Waals surface area contributed by atoms with E-state index in [0.29, 0.717) is 11.3 Å². The molecule has 27 heavy (non-hydrogen) atoms. The number of furan rings is 1. The lowest BCUT2D eigenvalue weighted by molar-refractivity contribution is 0.669. The second kappa shape index (κ2) is 6.08. The minimum Gasteiger partial charge on any atom is -0.456 e. The summed E-state index contributed by atoms with van der Waals surface area (Å²) < 4.78 is 5.89. The summed E-state index contributed by atoms with van der Waals surface area (Å²) in [7, 11) is 0. The van der Waals surface area contributed by atoms with Crippen LogP contribution in [0, 0.1) is 11.3 Å². The van der Waals surface area contributed by atoms with Crippen molar-refractivity contribution in [3.63, 3.8) is 0 Å². The molecule has 0 spiro atoms. The van der Waals surface area contributed by atoms with Gasteiger partial charge in [-0.2, -0.15) is 5.26 Å². The first-order valence-electron chi connectivity index (χ1n) is 8.56. The molecule has 3 aromatic heterocycles. The average molecular weight is 347 g/mol. The van der Waals surface area contributed by atoms with Gasteiger partial charge in [-0.3, -0.25) is 9.97 Å².